The van der Waals surface area contributed by atoms with Crippen LogP contribution in [0.4, 0.5) is 0 Å². The fourth-order valence-electron chi connectivity index (χ4n) is 1.65. The molecule has 0 atom stereocenters. The van der Waals surface area contributed by atoms with Crippen LogP contribution in [0, 0.1) is 0 Å². The minimum absolute atomic E-state index is 0.239. The summed E-state index contributed by atoms with van der Waals surface area (Å²) in [5.41, 5.74) is 2.86. The second-order valence-corrected chi connectivity index (χ2v) is 3.37. The fraction of sp³-hybridized carbons (Fsp3) is 0.250. The van der Waals surface area contributed by atoms with Gasteiger partial charge in [0.05, 0.1) is 18.1 Å². The molecule has 1 heterocycles. The van der Waals surface area contributed by atoms with Crippen molar-refractivity contribution in [2.75, 3.05) is 7.11 Å². The molecule has 0 aliphatic heterocycles. The van der Waals surface area contributed by atoms with Crippen LogP contribution in [0.15, 0.2) is 18.2 Å². The summed E-state index contributed by atoms with van der Waals surface area (Å²) in [6.07, 6.45) is 1.53. The third kappa shape index (κ3) is 1.62. The van der Waals surface area contributed by atoms with Crippen LogP contribution in [0.1, 0.15) is 23.0 Å². The number of methoxy groups -OCH3 is 1. The minimum atomic E-state index is 0.239. The molecule has 0 radical (unpaired) electrons. The lowest BCUT2D eigenvalue weighted by Gasteiger charge is -2.06. The molecule has 16 heavy (non-hydrogen) atoms. The average Bonchev–Trinajstić information content (AvgIpc) is 2.36. The van der Waals surface area contributed by atoms with Gasteiger partial charge in [-0.3, -0.25) is 4.79 Å². The molecule has 2 rings (SSSR count). The normalized spacial score (nSPS) is 10.4. The molecular weight excluding hydrogens is 204 g/mol. The zero-order chi connectivity index (χ0) is 11.5. The molecule has 0 aliphatic carbocycles. The van der Waals surface area contributed by atoms with Gasteiger partial charge in [-0.25, -0.2) is 9.97 Å². The Labute approximate surface area is 93.3 Å². The van der Waals surface area contributed by atoms with Gasteiger partial charge in [-0.1, -0.05) is 19.1 Å². The summed E-state index contributed by atoms with van der Waals surface area (Å²) in [5.74, 6) is 0.281. The zero-order valence-electron chi connectivity index (χ0n) is 9.23. The molecular formula is C12H12N2O2. The number of rotatable bonds is 3. The predicted octanol–water partition coefficient (Wildman–Crippen LogP) is 2.01. The van der Waals surface area contributed by atoms with Crippen LogP contribution < -0.4 is 4.74 Å². The lowest BCUT2D eigenvalue weighted by molar-refractivity contribution is 0.111. The summed E-state index contributed by atoms with van der Waals surface area (Å²) in [7, 11) is 1.48. The number of benzene rings is 1. The Morgan fingerprint density at radius 3 is 2.81 bits per heavy atom. The minimum Gasteiger partial charge on any atom is -0.479 e. The number of hydrogen-bond acceptors (Lipinski definition) is 4. The van der Waals surface area contributed by atoms with E-state index in [2.05, 4.69) is 16.9 Å². The smallest absolute Gasteiger partial charge is 0.243 e. The van der Waals surface area contributed by atoms with Gasteiger partial charge in [-0.2, -0.15) is 0 Å². The predicted molar refractivity (Wildman–Crippen MR) is 60.9 cm³/mol. The first-order valence-electron chi connectivity index (χ1n) is 5.09. The van der Waals surface area contributed by atoms with Crippen molar-refractivity contribution in [2.24, 2.45) is 0 Å². The van der Waals surface area contributed by atoms with Gasteiger partial charge in [0.2, 0.25) is 5.88 Å². The van der Waals surface area contributed by atoms with E-state index in [1.807, 2.05) is 18.2 Å². The van der Waals surface area contributed by atoms with Crippen molar-refractivity contribution in [3.05, 3.63) is 29.5 Å². The Balaban J connectivity index is 2.77. The van der Waals surface area contributed by atoms with Gasteiger partial charge in [0.1, 0.15) is 0 Å². The van der Waals surface area contributed by atoms with Crippen molar-refractivity contribution >= 4 is 17.3 Å². The molecule has 4 nitrogen and oxygen atoms in total. The van der Waals surface area contributed by atoms with Gasteiger partial charge >= 0.3 is 0 Å². The third-order valence-electron chi connectivity index (χ3n) is 2.46. The molecule has 1 aromatic heterocycles. The van der Waals surface area contributed by atoms with E-state index in [0.29, 0.717) is 6.29 Å². The SMILES string of the molecule is CCc1cccc2nc(C=O)c(OC)nc12. The highest BCUT2D eigenvalue weighted by molar-refractivity contribution is 5.84. The van der Waals surface area contributed by atoms with Crippen LogP contribution in [0.25, 0.3) is 11.0 Å². The maximum absolute atomic E-state index is 10.8. The Kier molecular flexibility index (Phi) is 2.81. The first kappa shape index (κ1) is 10.5. The molecule has 0 fully saturated rings. The molecule has 0 amide bonds. The summed E-state index contributed by atoms with van der Waals surface area (Å²) in [6.45, 7) is 2.05. The van der Waals surface area contributed by atoms with Gasteiger partial charge in [-0.05, 0) is 18.1 Å². The molecule has 0 unspecified atom stereocenters. The number of carbonyl (C=O) groups excluding carboxylic acids is 1. The molecule has 0 aliphatic rings. The number of nitrogens with zero attached hydrogens (tertiary/aromatic N) is 2. The quantitative estimate of drug-likeness (QED) is 0.736. The van der Waals surface area contributed by atoms with E-state index >= 15 is 0 Å². The summed E-state index contributed by atoms with van der Waals surface area (Å²) >= 11 is 0. The van der Waals surface area contributed by atoms with Crippen LogP contribution in [-0.2, 0) is 6.42 Å². The second kappa shape index (κ2) is 4.26. The number of aromatic nitrogens is 2. The van der Waals surface area contributed by atoms with Crippen molar-refractivity contribution < 1.29 is 9.53 Å². The number of para-hydroxylation sites is 1. The number of aryl methyl sites for hydroxylation is 1. The highest BCUT2D eigenvalue weighted by Crippen LogP contribution is 2.20. The first-order valence-corrected chi connectivity index (χ1v) is 5.09. The summed E-state index contributed by atoms with van der Waals surface area (Å²) in [6, 6.07) is 5.75. The highest BCUT2D eigenvalue weighted by Gasteiger charge is 2.10. The maximum atomic E-state index is 10.8. The molecule has 82 valence electrons. The van der Waals surface area contributed by atoms with Crippen molar-refractivity contribution in [2.45, 2.75) is 13.3 Å². The number of carbonyl (C=O) groups is 1. The maximum Gasteiger partial charge on any atom is 0.243 e. The highest BCUT2D eigenvalue weighted by atomic mass is 16.5. The Bertz CT molecular complexity index is 538. The van der Waals surface area contributed by atoms with E-state index in [-0.39, 0.29) is 11.6 Å². The fourth-order valence-corrected chi connectivity index (χ4v) is 1.65. The molecule has 0 bridgehead atoms. The van der Waals surface area contributed by atoms with Gasteiger partial charge in [0.25, 0.3) is 0 Å². The van der Waals surface area contributed by atoms with Gasteiger partial charge < -0.3 is 4.74 Å². The largest absolute Gasteiger partial charge is 0.479 e. The molecule has 0 saturated heterocycles. The molecule has 4 heteroatoms. The Morgan fingerprint density at radius 2 is 2.19 bits per heavy atom. The van der Waals surface area contributed by atoms with Crippen molar-refractivity contribution in [1.29, 1.82) is 0 Å². The standard InChI is InChI=1S/C12H12N2O2/c1-3-8-5-4-6-9-11(8)14-12(16-2)10(7-15)13-9/h4-7H,3H2,1-2H3. The van der Waals surface area contributed by atoms with Crippen LogP contribution >= 0.6 is 0 Å². The van der Waals surface area contributed by atoms with E-state index in [1.165, 1.54) is 7.11 Å². The number of fused-ring (bicyclic) bond motifs is 1. The monoisotopic (exact) mass is 216 g/mol. The van der Waals surface area contributed by atoms with Crippen molar-refractivity contribution in [3.63, 3.8) is 0 Å². The van der Waals surface area contributed by atoms with Crippen molar-refractivity contribution in [3.8, 4) is 5.88 Å². The topological polar surface area (TPSA) is 52.1 Å². The Morgan fingerprint density at radius 1 is 1.38 bits per heavy atom. The van der Waals surface area contributed by atoms with Crippen LogP contribution in [0.2, 0.25) is 0 Å². The van der Waals surface area contributed by atoms with Crippen LogP contribution in [0.3, 0.4) is 0 Å². The van der Waals surface area contributed by atoms with Crippen LogP contribution in [-0.4, -0.2) is 23.4 Å². The Hall–Kier alpha value is -1.97. The van der Waals surface area contributed by atoms with E-state index in [9.17, 15) is 4.79 Å². The van der Waals surface area contributed by atoms with E-state index < -0.39 is 0 Å². The number of aldehydes is 1. The lowest BCUT2D eigenvalue weighted by atomic mass is 10.1. The van der Waals surface area contributed by atoms with E-state index in [4.69, 9.17) is 4.74 Å². The lowest BCUT2D eigenvalue weighted by Crippen LogP contribution is -2.00. The molecule has 0 spiro atoms. The second-order valence-electron chi connectivity index (χ2n) is 3.37. The molecule has 1 aromatic carbocycles. The van der Waals surface area contributed by atoms with Gasteiger partial charge in [-0.15, -0.1) is 0 Å². The summed E-state index contributed by atoms with van der Waals surface area (Å²) in [5, 5.41) is 0. The number of hydrogen-bond donors (Lipinski definition) is 0. The summed E-state index contributed by atoms with van der Waals surface area (Å²) in [4.78, 5) is 19.3. The van der Waals surface area contributed by atoms with Crippen LogP contribution in [0.5, 0.6) is 5.88 Å². The van der Waals surface area contributed by atoms with Gasteiger partial charge in [0, 0.05) is 0 Å². The van der Waals surface area contributed by atoms with Gasteiger partial charge in [0.15, 0.2) is 12.0 Å². The molecule has 0 N–H and O–H groups in total. The average molecular weight is 216 g/mol. The summed E-state index contributed by atoms with van der Waals surface area (Å²) < 4.78 is 5.04. The number of ether oxygens (including phenoxy) is 1. The molecule has 0 saturated carbocycles. The van der Waals surface area contributed by atoms with Crippen molar-refractivity contribution in [1.82, 2.24) is 9.97 Å². The first-order chi connectivity index (χ1) is 7.80. The third-order valence-corrected chi connectivity index (χ3v) is 2.46. The molecule has 2 aromatic rings. The van der Waals surface area contributed by atoms with E-state index in [1.54, 1.807) is 0 Å². The van der Waals surface area contributed by atoms with E-state index in [0.717, 1.165) is 23.0 Å². The zero-order valence-corrected chi connectivity index (χ0v) is 9.23.